The van der Waals surface area contributed by atoms with E-state index >= 15 is 0 Å². The molecule has 3 aromatic carbocycles. The van der Waals surface area contributed by atoms with Crippen LogP contribution in [-0.4, -0.2) is 26.1 Å². The number of hydrogen-bond donors (Lipinski definition) is 2. The first kappa shape index (κ1) is 19.3. The molecule has 5 heteroatoms. The molecule has 0 radical (unpaired) electrons. The van der Waals surface area contributed by atoms with Crippen LogP contribution in [0.25, 0.3) is 0 Å². The first-order valence-electron chi connectivity index (χ1n) is 9.19. The molecular weight excluding hydrogens is 352 g/mol. The summed E-state index contributed by atoms with van der Waals surface area (Å²) in [5.41, 5.74) is 2.02. The number of carbonyl (C=O) groups is 1. The molecule has 5 nitrogen and oxygen atoms in total. The summed E-state index contributed by atoms with van der Waals surface area (Å²) in [6.07, 6.45) is 0.779. The lowest BCUT2D eigenvalue weighted by Gasteiger charge is -2.09. The number of rotatable bonds is 9. The Balaban J connectivity index is 1.38. The second kappa shape index (κ2) is 10.0. The zero-order valence-corrected chi connectivity index (χ0v) is 15.9. The maximum Gasteiger partial charge on any atom is 0.239 e. The highest BCUT2D eigenvalue weighted by Gasteiger charge is 2.02. The van der Waals surface area contributed by atoms with Crippen molar-refractivity contribution >= 4 is 11.6 Å². The molecule has 0 aliphatic heterocycles. The van der Waals surface area contributed by atoms with Crippen LogP contribution in [0.4, 0.5) is 5.69 Å². The fraction of sp³-hybridized carbons (Fsp3) is 0.174. The van der Waals surface area contributed by atoms with Gasteiger partial charge in [-0.2, -0.15) is 0 Å². The number of nitrogens with one attached hydrogen (secondary N) is 2. The summed E-state index contributed by atoms with van der Waals surface area (Å²) in [7, 11) is 1.64. The molecule has 0 spiro atoms. The molecule has 3 aromatic rings. The molecule has 0 aliphatic carbocycles. The normalized spacial score (nSPS) is 10.2. The molecule has 0 saturated carbocycles. The van der Waals surface area contributed by atoms with Gasteiger partial charge in [-0.05, 0) is 60.5 Å². The predicted molar refractivity (Wildman–Crippen MR) is 111 cm³/mol. The van der Waals surface area contributed by atoms with E-state index in [9.17, 15) is 4.79 Å². The van der Waals surface area contributed by atoms with Crippen molar-refractivity contribution < 1.29 is 14.3 Å². The van der Waals surface area contributed by atoms with Crippen LogP contribution in [0.5, 0.6) is 17.2 Å². The minimum Gasteiger partial charge on any atom is -0.497 e. The third-order valence-corrected chi connectivity index (χ3v) is 4.18. The van der Waals surface area contributed by atoms with Crippen molar-refractivity contribution in [2.45, 2.75) is 6.42 Å². The molecule has 0 aliphatic rings. The zero-order chi connectivity index (χ0) is 19.6. The van der Waals surface area contributed by atoms with E-state index in [4.69, 9.17) is 9.47 Å². The zero-order valence-electron chi connectivity index (χ0n) is 15.9. The Morgan fingerprint density at radius 2 is 1.46 bits per heavy atom. The fourth-order valence-corrected chi connectivity index (χ4v) is 2.65. The highest BCUT2D eigenvalue weighted by atomic mass is 16.5. The maximum atomic E-state index is 12.0. The monoisotopic (exact) mass is 376 g/mol. The van der Waals surface area contributed by atoms with Gasteiger partial charge in [0, 0.05) is 12.2 Å². The van der Waals surface area contributed by atoms with Crippen LogP contribution < -0.4 is 20.1 Å². The Morgan fingerprint density at radius 1 is 0.821 bits per heavy atom. The number of para-hydroxylation sites is 1. The highest BCUT2D eigenvalue weighted by Crippen LogP contribution is 2.22. The Labute approximate surface area is 165 Å². The van der Waals surface area contributed by atoms with Crippen molar-refractivity contribution in [1.82, 2.24) is 5.32 Å². The number of ether oxygens (including phenoxy) is 2. The lowest BCUT2D eigenvalue weighted by molar-refractivity contribution is -0.119. The smallest absolute Gasteiger partial charge is 0.239 e. The summed E-state index contributed by atoms with van der Waals surface area (Å²) in [5.74, 6) is 2.33. The third kappa shape index (κ3) is 6.06. The highest BCUT2D eigenvalue weighted by molar-refractivity contribution is 5.80. The SMILES string of the molecule is COc1ccc(CCNC(=O)CNc2ccc(Oc3ccccc3)cc2)cc1. The van der Waals surface area contributed by atoms with E-state index in [1.54, 1.807) is 7.11 Å². The van der Waals surface area contributed by atoms with Crippen LogP contribution in [0.15, 0.2) is 78.9 Å². The number of carbonyl (C=O) groups excluding carboxylic acids is 1. The van der Waals surface area contributed by atoms with Gasteiger partial charge in [0.25, 0.3) is 0 Å². The van der Waals surface area contributed by atoms with Crippen LogP contribution in [0.1, 0.15) is 5.56 Å². The van der Waals surface area contributed by atoms with E-state index < -0.39 is 0 Å². The number of benzene rings is 3. The lowest BCUT2D eigenvalue weighted by Crippen LogP contribution is -2.31. The quantitative estimate of drug-likeness (QED) is 0.586. The minimum absolute atomic E-state index is 0.0434. The summed E-state index contributed by atoms with van der Waals surface area (Å²) < 4.78 is 10.9. The number of amides is 1. The Kier molecular flexibility index (Phi) is 6.90. The summed E-state index contributed by atoms with van der Waals surface area (Å²) in [5, 5.41) is 6.03. The molecule has 0 saturated heterocycles. The van der Waals surface area contributed by atoms with Gasteiger partial charge in [-0.15, -0.1) is 0 Å². The average molecular weight is 376 g/mol. The Hall–Kier alpha value is -3.47. The molecule has 1 amide bonds. The van der Waals surface area contributed by atoms with Crippen molar-refractivity contribution in [1.29, 1.82) is 0 Å². The molecule has 144 valence electrons. The standard InChI is InChI=1S/C23H24N2O3/c1-27-20-11-7-18(8-12-20)15-16-24-23(26)17-25-19-9-13-22(14-10-19)28-21-5-3-2-4-6-21/h2-14,25H,15-17H2,1H3,(H,24,26). The Bertz CT molecular complexity index is 863. The largest absolute Gasteiger partial charge is 0.497 e. The summed E-state index contributed by atoms with van der Waals surface area (Å²) in [6, 6.07) is 25.0. The maximum absolute atomic E-state index is 12.0. The van der Waals surface area contributed by atoms with Crippen LogP contribution in [0, 0.1) is 0 Å². The first-order chi connectivity index (χ1) is 13.7. The van der Waals surface area contributed by atoms with Gasteiger partial charge in [0.2, 0.25) is 5.91 Å². The van der Waals surface area contributed by atoms with Gasteiger partial charge >= 0.3 is 0 Å². The van der Waals surface area contributed by atoms with Crippen molar-refractivity contribution in [2.75, 3.05) is 25.5 Å². The van der Waals surface area contributed by atoms with Crippen molar-refractivity contribution in [3.63, 3.8) is 0 Å². The van der Waals surface area contributed by atoms with Crippen molar-refractivity contribution in [2.24, 2.45) is 0 Å². The predicted octanol–water partition coefficient (Wildman–Crippen LogP) is 4.26. The lowest BCUT2D eigenvalue weighted by atomic mass is 10.1. The van der Waals surface area contributed by atoms with Gasteiger partial charge in [-0.3, -0.25) is 4.79 Å². The second-order valence-electron chi connectivity index (χ2n) is 6.24. The third-order valence-electron chi connectivity index (χ3n) is 4.18. The van der Waals surface area contributed by atoms with E-state index in [0.717, 1.165) is 34.9 Å². The van der Waals surface area contributed by atoms with Crippen molar-refractivity contribution in [3.05, 3.63) is 84.4 Å². The molecule has 0 bridgehead atoms. The van der Waals surface area contributed by atoms with Gasteiger partial charge in [-0.25, -0.2) is 0 Å². The first-order valence-corrected chi connectivity index (χ1v) is 9.19. The van der Waals surface area contributed by atoms with Gasteiger partial charge in [0.1, 0.15) is 17.2 Å². The summed E-state index contributed by atoms with van der Waals surface area (Å²) in [6.45, 7) is 0.818. The molecule has 0 unspecified atom stereocenters. The summed E-state index contributed by atoms with van der Waals surface area (Å²) >= 11 is 0. The number of anilines is 1. The molecular formula is C23H24N2O3. The van der Waals surface area contributed by atoms with Crippen LogP contribution in [0.2, 0.25) is 0 Å². The Morgan fingerprint density at radius 3 is 2.14 bits per heavy atom. The molecule has 0 aromatic heterocycles. The summed E-state index contributed by atoms with van der Waals surface area (Å²) in [4.78, 5) is 12.0. The molecule has 0 heterocycles. The fourth-order valence-electron chi connectivity index (χ4n) is 2.65. The van der Waals surface area contributed by atoms with Crippen molar-refractivity contribution in [3.8, 4) is 17.2 Å². The second-order valence-corrected chi connectivity index (χ2v) is 6.24. The van der Waals surface area contributed by atoms with E-state index in [1.165, 1.54) is 0 Å². The van der Waals surface area contributed by atoms with Gasteiger partial charge in [0.15, 0.2) is 0 Å². The number of hydrogen-bond acceptors (Lipinski definition) is 4. The number of methoxy groups -OCH3 is 1. The van der Waals surface area contributed by atoms with E-state index in [1.807, 2.05) is 78.9 Å². The van der Waals surface area contributed by atoms with Gasteiger partial charge < -0.3 is 20.1 Å². The molecule has 0 fully saturated rings. The topological polar surface area (TPSA) is 59.6 Å². The van der Waals surface area contributed by atoms with E-state index in [-0.39, 0.29) is 12.5 Å². The van der Waals surface area contributed by atoms with E-state index in [0.29, 0.717) is 6.54 Å². The molecule has 2 N–H and O–H groups in total. The molecule has 3 rings (SSSR count). The van der Waals surface area contributed by atoms with Crippen LogP contribution in [0.3, 0.4) is 0 Å². The average Bonchev–Trinajstić information content (AvgIpc) is 2.74. The van der Waals surface area contributed by atoms with Gasteiger partial charge in [0.05, 0.1) is 13.7 Å². The van der Waals surface area contributed by atoms with E-state index in [2.05, 4.69) is 10.6 Å². The van der Waals surface area contributed by atoms with Gasteiger partial charge in [-0.1, -0.05) is 30.3 Å². The molecule has 28 heavy (non-hydrogen) atoms. The minimum atomic E-state index is -0.0434. The van der Waals surface area contributed by atoms with Crippen LogP contribution in [-0.2, 0) is 11.2 Å². The van der Waals surface area contributed by atoms with Crippen LogP contribution >= 0.6 is 0 Å². The molecule has 0 atom stereocenters.